The molecule has 0 aromatic carbocycles. The molecule has 0 amide bonds. The van der Waals surface area contributed by atoms with E-state index >= 15 is 0 Å². The van der Waals surface area contributed by atoms with Crippen molar-refractivity contribution >= 4 is 15.2 Å². The van der Waals surface area contributed by atoms with Crippen LogP contribution in [0.5, 0.6) is 0 Å². The molecule has 0 radical (unpaired) electrons. The van der Waals surface area contributed by atoms with Crippen molar-refractivity contribution in [3.8, 4) is 0 Å². The maximum absolute atomic E-state index is 12.1. The molecule has 0 aromatic rings. The Morgan fingerprint density at radius 3 is 1.68 bits per heavy atom. The summed E-state index contributed by atoms with van der Waals surface area (Å²) in [6.45, 7) is 4.31. The summed E-state index contributed by atoms with van der Waals surface area (Å²) < 4.78 is 28.2. The van der Waals surface area contributed by atoms with Gasteiger partial charge in [-0.2, -0.15) is 0 Å². The Balaban J connectivity index is 2.86. The Labute approximate surface area is 130 Å². The Morgan fingerprint density at radius 2 is 1.32 bits per heavy atom. The van der Waals surface area contributed by atoms with Crippen molar-refractivity contribution in [3.05, 3.63) is 0 Å². The third-order valence-electron chi connectivity index (χ3n) is 3.29. The largest absolute Gasteiger partial charge is 0.357 e. The predicted octanol–water partition coefficient (Wildman–Crippen LogP) is -1.64. The highest BCUT2D eigenvalue weighted by Gasteiger charge is 2.48. The van der Waals surface area contributed by atoms with Crippen molar-refractivity contribution in [2.75, 3.05) is 59.5 Å². The van der Waals surface area contributed by atoms with Crippen LogP contribution in [0.2, 0.25) is 0 Å². The molecular formula is C10H26N4O6P2. The zero-order valence-electron chi connectivity index (χ0n) is 12.6. The molecule has 1 aliphatic heterocycles. The van der Waals surface area contributed by atoms with Crippen LogP contribution in [0.4, 0.5) is 0 Å². The van der Waals surface area contributed by atoms with Gasteiger partial charge >= 0.3 is 15.2 Å². The zero-order valence-corrected chi connectivity index (χ0v) is 14.4. The van der Waals surface area contributed by atoms with Gasteiger partial charge in [-0.1, -0.05) is 0 Å². The summed E-state index contributed by atoms with van der Waals surface area (Å²) in [5.74, 6) is 0. The molecule has 12 heteroatoms. The summed E-state index contributed by atoms with van der Waals surface area (Å²) in [6, 6.07) is 0. The summed E-state index contributed by atoms with van der Waals surface area (Å²) in [7, 11) is -8.32. The van der Waals surface area contributed by atoms with E-state index in [-0.39, 0.29) is 13.1 Å². The molecule has 2 atom stereocenters. The summed E-state index contributed by atoms with van der Waals surface area (Å²) >= 11 is 0. The van der Waals surface area contributed by atoms with Gasteiger partial charge in [-0.3, -0.25) is 14.0 Å². The molecule has 10 nitrogen and oxygen atoms in total. The Morgan fingerprint density at radius 1 is 0.909 bits per heavy atom. The fourth-order valence-electron chi connectivity index (χ4n) is 2.22. The Hall–Kier alpha value is 0.140. The maximum Gasteiger partial charge on any atom is 0.357 e. The maximum atomic E-state index is 12.1. The highest BCUT2D eigenvalue weighted by atomic mass is 31.2. The molecule has 0 spiro atoms. The average Bonchev–Trinajstić information content (AvgIpc) is 2.40. The first kappa shape index (κ1) is 20.2. The lowest BCUT2D eigenvalue weighted by Crippen LogP contribution is -2.45. The van der Waals surface area contributed by atoms with Gasteiger partial charge in [-0.15, -0.1) is 0 Å². The van der Waals surface area contributed by atoms with Crippen LogP contribution in [0.1, 0.15) is 0 Å². The minimum Gasteiger partial charge on any atom is -0.323 e. The molecule has 0 bridgehead atoms. The average molecular weight is 360 g/mol. The lowest BCUT2D eigenvalue weighted by atomic mass is 10.4. The smallest absolute Gasteiger partial charge is 0.323 e. The van der Waals surface area contributed by atoms with Crippen LogP contribution in [0.3, 0.4) is 0 Å². The summed E-state index contributed by atoms with van der Waals surface area (Å²) in [5, 5.41) is 9.47. The number of nitrogens with zero attached hydrogens (tertiary/aromatic N) is 1. The van der Waals surface area contributed by atoms with Crippen LogP contribution >= 0.6 is 15.2 Å². The van der Waals surface area contributed by atoms with Gasteiger partial charge in [0.25, 0.3) is 0 Å². The molecule has 22 heavy (non-hydrogen) atoms. The predicted molar refractivity (Wildman–Crippen MR) is 82.8 cm³/mol. The van der Waals surface area contributed by atoms with Crippen molar-refractivity contribution in [1.82, 2.24) is 20.9 Å². The lowest BCUT2D eigenvalue weighted by Gasteiger charge is -2.33. The van der Waals surface area contributed by atoms with Crippen molar-refractivity contribution in [2.45, 2.75) is 5.52 Å². The second kappa shape index (κ2) is 9.44. The molecule has 2 unspecified atom stereocenters. The van der Waals surface area contributed by atoms with E-state index in [1.54, 1.807) is 0 Å². The third kappa shape index (κ3) is 6.72. The van der Waals surface area contributed by atoms with E-state index < -0.39 is 20.7 Å². The lowest BCUT2D eigenvalue weighted by molar-refractivity contribution is 0.213. The van der Waals surface area contributed by atoms with E-state index in [1.807, 2.05) is 0 Å². The third-order valence-corrected chi connectivity index (χ3v) is 7.43. The van der Waals surface area contributed by atoms with Gasteiger partial charge in [0.2, 0.25) is 5.52 Å². The van der Waals surface area contributed by atoms with Gasteiger partial charge in [0.1, 0.15) is 0 Å². The number of nitrogens with one attached hydrogen (secondary N) is 3. The second-order valence-electron chi connectivity index (χ2n) is 4.97. The zero-order chi connectivity index (χ0) is 16.6. The molecule has 1 fully saturated rings. The molecule has 1 rings (SSSR count). The molecule has 1 aliphatic rings. The standard InChI is InChI=1S/C10H26N4O6P2/c1-20-22(18,19)10(21(15,16)17)14-8-6-12-4-2-11-3-5-13-7-9-14/h10-13H,2-9H2,1H3,(H,18,19)(H2,15,16,17). The number of rotatable bonds is 4. The molecule has 0 aliphatic carbocycles. The van der Waals surface area contributed by atoms with Crippen molar-refractivity contribution in [1.29, 1.82) is 0 Å². The van der Waals surface area contributed by atoms with Gasteiger partial charge in [0.15, 0.2) is 0 Å². The molecule has 0 saturated carbocycles. The molecule has 132 valence electrons. The number of hydrogen-bond donors (Lipinski definition) is 6. The van der Waals surface area contributed by atoms with Gasteiger partial charge in [-0.25, -0.2) is 0 Å². The van der Waals surface area contributed by atoms with Crippen LogP contribution in [0.25, 0.3) is 0 Å². The Bertz CT molecular complexity index is 408. The minimum absolute atomic E-state index is 0.228. The molecule has 1 heterocycles. The number of hydrogen-bond acceptors (Lipinski definition) is 7. The van der Waals surface area contributed by atoms with Crippen molar-refractivity contribution in [3.63, 3.8) is 0 Å². The quantitative estimate of drug-likeness (QED) is 0.323. The van der Waals surface area contributed by atoms with E-state index in [2.05, 4.69) is 20.5 Å². The normalized spacial score (nSPS) is 24.7. The van der Waals surface area contributed by atoms with E-state index in [9.17, 15) is 23.8 Å². The first-order valence-corrected chi connectivity index (χ1v) is 10.4. The van der Waals surface area contributed by atoms with Crippen molar-refractivity contribution < 1.29 is 28.3 Å². The van der Waals surface area contributed by atoms with Gasteiger partial charge in [0.05, 0.1) is 0 Å². The first-order valence-electron chi connectivity index (χ1n) is 7.08. The molecule has 1 saturated heterocycles. The van der Waals surface area contributed by atoms with Crippen LogP contribution in [-0.4, -0.2) is 84.6 Å². The fourth-order valence-corrected chi connectivity index (χ4v) is 5.51. The SMILES string of the molecule is COP(=O)(O)C(N1CCNCCNCCNCC1)P(=O)(O)O. The first-order chi connectivity index (χ1) is 10.3. The van der Waals surface area contributed by atoms with E-state index in [1.165, 1.54) is 4.90 Å². The Kier molecular flexibility index (Phi) is 8.66. The summed E-state index contributed by atoms with van der Waals surface area (Å²) in [6.07, 6.45) is 0. The fraction of sp³-hybridized carbons (Fsp3) is 1.00. The van der Waals surface area contributed by atoms with E-state index in [0.717, 1.165) is 20.2 Å². The summed E-state index contributed by atoms with van der Waals surface area (Å²) in [5.41, 5.74) is -1.85. The molecular weight excluding hydrogens is 334 g/mol. The minimum atomic E-state index is -4.84. The highest BCUT2D eigenvalue weighted by molar-refractivity contribution is 7.71. The van der Waals surface area contributed by atoms with Gasteiger partial charge in [0, 0.05) is 59.5 Å². The molecule has 6 N–H and O–H groups in total. The van der Waals surface area contributed by atoms with E-state index in [4.69, 9.17) is 0 Å². The van der Waals surface area contributed by atoms with Crippen LogP contribution in [0.15, 0.2) is 0 Å². The van der Waals surface area contributed by atoms with Crippen molar-refractivity contribution in [2.24, 2.45) is 0 Å². The van der Waals surface area contributed by atoms with E-state index in [0.29, 0.717) is 26.2 Å². The highest BCUT2D eigenvalue weighted by Crippen LogP contribution is 2.63. The van der Waals surface area contributed by atoms with Gasteiger partial charge < -0.3 is 35.2 Å². The van der Waals surface area contributed by atoms with Gasteiger partial charge in [-0.05, 0) is 0 Å². The molecule has 0 aromatic heterocycles. The van der Waals surface area contributed by atoms with Crippen LogP contribution in [0, 0.1) is 0 Å². The monoisotopic (exact) mass is 360 g/mol. The van der Waals surface area contributed by atoms with Crippen LogP contribution in [-0.2, 0) is 13.7 Å². The van der Waals surface area contributed by atoms with Crippen LogP contribution < -0.4 is 16.0 Å². The second-order valence-corrected chi connectivity index (χ2v) is 9.03. The topological polar surface area (TPSA) is 143 Å². The summed E-state index contributed by atoms with van der Waals surface area (Å²) in [4.78, 5) is 30.1.